The van der Waals surface area contributed by atoms with Crippen molar-refractivity contribution in [2.45, 2.75) is 19.9 Å². The molecule has 2 rings (SSSR count). The van der Waals surface area contributed by atoms with Crippen LogP contribution in [0.1, 0.15) is 29.0 Å². The molecule has 2 nitrogen and oxygen atoms in total. The quantitative estimate of drug-likeness (QED) is 0.884. The first-order valence-corrected chi connectivity index (χ1v) is 7.05. The van der Waals surface area contributed by atoms with Crippen molar-refractivity contribution in [1.82, 2.24) is 5.32 Å². The molecule has 1 atom stereocenters. The van der Waals surface area contributed by atoms with Crippen LogP contribution in [-0.2, 0) is 0 Å². The smallest absolute Gasteiger partial charge is 0.129 e. The molecule has 0 fully saturated rings. The molecule has 18 heavy (non-hydrogen) atoms. The minimum Gasteiger partial charge on any atom is -0.496 e. The summed E-state index contributed by atoms with van der Waals surface area (Å²) in [6.45, 7) is 5.20. The number of aryl methyl sites for hydroxylation is 1. The fourth-order valence-electron chi connectivity index (χ4n) is 2.03. The maximum Gasteiger partial charge on any atom is 0.129 e. The van der Waals surface area contributed by atoms with E-state index in [0.717, 1.165) is 12.3 Å². The summed E-state index contributed by atoms with van der Waals surface area (Å²) >= 11 is 1.74. The predicted molar refractivity (Wildman–Crippen MR) is 77.6 cm³/mol. The minimum atomic E-state index is 0.254. The predicted octanol–water partition coefficient (Wildman–Crippen LogP) is 3.76. The molecule has 0 spiro atoms. The number of rotatable bonds is 5. The Morgan fingerprint density at radius 2 is 2.17 bits per heavy atom. The first kappa shape index (κ1) is 13.1. The number of hydrogen-bond acceptors (Lipinski definition) is 3. The van der Waals surface area contributed by atoms with E-state index in [9.17, 15) is 0 Å². The van der Waals surface area contributed by atoms with Gasteiger partial charge in [-0.05, 0) is 25.1 Å². The third-order valence-corrected chi connectivity index (χ3v) is 3.88. The molecule has 1 aromatic heterocycles. The van der Waals surface area contributed by atoms with E-state index in [0.29, 0.717) is 0 Å². The van der Waals surface area contributed by atoms with Gasteiger partial charge in [-0.2, -0.15) is 0 Å². The SMILES string of the molecule is CCNC(c1cccc(C)c1)c1cc(OC)cs1. The number of thiophene rings is 1. The van der Waals surface area contributed by atoms with Gasteiger partial charge in [0.25, 0.3) is 0 Å². The highest BCUT2D eigenvalue weighted by Gasteiger charge is 2.15. The van der Waals surface area contributed by atoms with Gasteiger partial charge in [-0.3, -0.25) is 0 Å². The van der Waals surface area contributed by atoms with Gasteiger partial charge >= 0.3 is 0 Å². The molecular weight excluding hydrogens is 242 g/mol. The average Bonchev–Trinajstić information content (AvgIpc) is 2.84. The number of methoxy groups -OCH3 is 1. The second-order valence-corrected chi connectivity index (χ2v) is 5.24. The van der Waals surface area contributed by atoms with E-state index in [4.69, 9.17) is 4.74 Å². The van der Waals surface area contributed by atoms with Crippen molar-refractivity contribution >= 4 is 11.3 Å². The van der Waals surface area contributed by atoms with Crippen LogP contribution in [0.4, 0.5) is 0 Å². The Morgan fingerprint density at radius 3 is 2.78 bits per heavy atom. The van der Waals surface area contributed by atoms with Gasteiger partial charge in [0.1, 0.15) is 5.75 Å². The first-order chi connectivity index (χ1) is 8.74. The van der Waals surface area contributed by atoms with E-state index in [2.05, 4.69) is 54.9 Å². The second kappa shape index (κ2) is 6.03. The molecule has 0 radical (unpaired) electrons. The number of nitrogens with one attached hydrogen (secondary N) is 1. The minimum absolute atomic E-state index is 0.254. The Labute approximate surface area is 113 Å². The number of benzene rings is 1. The lowest BCUT2D eigenvalue weighted by Crippen LogP contribution is -2.21. The lowest BCUT2D eigenvalue weighted by molar-refractivity contribution is 0.416. The van der Waals surface area contributed by atoms with E-state index in [1.165, 1.54) is 16.0 Å². The molecule has 0 aliphatic heterocycles. The second-order valence-electron chi connectivity index (χ2n) is 4.29. The molecule has 0 aliphatic rings. The van der Waals surface area contributed by atoms with Crippen LogP contribution in [0.15, 0.2) is 35.7 Å². The molecule has 1 N–H and O–H groups in total. The van der Waals surface area contributed by atoms with Crippen LogP contribution in [0.3, 0.4) is 0 Å². The van der Waals surface area contributed by atoms with Crippen molar-refractivity contribution in [3.8, 4) is 5.75 Å². The zero-order chi connectivity index (χ0) is 13.0. The summed E-state index contributed by atoms with van der Waals surface area (Å²) in [5.41, 5.74) is 2.60. The van der Waals surface area contributed by atoms with Crippen LogP contribution < -0.4 is 10.1 Å². The topological polar surface area (TPSA) is 21.3 Å². The molecule has 0 amide bonds. The summed E-state index contributed by atoms with van der Waals surface area (Å²) in [5, 5.41) is 5.59. The summed E-state index contributed by atoms with van der Waals surface area (Å²) in [4.78, 5) is 1.29. The fourth-order valence-corrected chi connectivity index (χ4v) is 2.99. The maximum absolute atomic E-state index is 5.27. The largest absolute Gasteiger partial charge is 0.496 e. The van der Waals surface area contributed by atoms with E-state index >= 15 is 0 Å². The zero-order valence-corrected chi connectivity index (χ0v) is 11.9. The van der Waals surface area contributed by atoms with Crippen molar-refractivity contribution in [3.63, 3.8) is 0 Å². The van der Waals surface area contributed by atoms with Gasteiger partial charge in [0.2, 0.25) is 0 Å². The Kier molecular flexibility index (Phi) is 4.39. The van der Waals surface area contributed by atoms with Gasteiger partial charge in [0.05, 0.1) is 13.2 Å². The molecule has 0 bridgehead atoms. The monoisotopic (exact) mass is 261 g/mol. The summed E-state index contributed by atoms with van der Waals surface area (Å²) in [5.74, 6) is 0.936. The molecule has 0 saturated carbocycles. The van der Waals surface area contributed by atoms with Gasteiger partial charge in [-0.15, -0.1) is 11.3 Å². The highest BCUT2D eigenvalue weighted by molar-refractivity contribution is 7.10. The summed E-state index contributed by atoms with van der Waals surface area (Å²) in [7, 11) is 1.71. The van der Waals surface area contributed by atoms with Crippen LogP contribution in [0.25, 0.3) is 0 Å². The molecule has 0 saturated heterocycles. The fraction of sp³-hybridized carbons (Fsp3) is 0.333. The summed E-state index contributed by atoms with van der Waals surface area (Å²) < 4.78 is 5.27. The summed E-state index contributed by atoms with van der Waals surface area (Å²) in [6.07, 6.45) is 0. The molecule has 1 heterocycles. The van der Waals surface area contributed by atoms with Crippen LogP contribution in [0, 0.1) is 6.92 Å². The normalized spacial score (nSPS) is 12.4. The molecule has 1 unspecified atom stereocenters. The van der Waals surface area contributed by atoms with Crippen molar-refractivity contribution in [1.29, 1.82) is 0 Å². The highest BCUT2D eigenvalue weighted by atomic mass is 32.1. The van der Waals surface area contributed by atoms with Crippen LogP contribution in [0.2, 0.25) is 0 Å². The van der Waals surface area contributed by atoms with Gasteiger partial charge in [-0.25, -0.2) is 0 Å². The van der Waals surface area contributed by atoms with Crippen LogP contribution in [-0.4, -0.2) is 13.7 Å². The van der Waals surface area contributed by atoms with Crippen LogP contribution in [0.5, 0.6) is 5.75 Å². The van der Waals surface area contributed by atoms with Gasteiger partial charge in [-0.1, -0.05) is 36.8 Å². The molecular formula is C15H19NOS. The lowest BCUT2D eigenvalue weighted by atomic mass is 10.0. The highest BCUT2D eigenvalue weighted by Crippen LogP contribution is 2.31. The molecule has 3 heteroatoms. The van der Waals surface area contributed by atoms with Crippen molar-refractivity contribution in [3.05, 3.63) is 51.7 Å². The maximum atomic E-state index is 5.27. The zero-order valence-electron chi connectivity index (χ0n) is 11.1. The first-order valence-electron chi connectivity index (χ1n) is 6.17. The average molecular weight is 261 g/mol. The molecule has 1 aromatic carbocycles. The third kappa shape index (κ3) is 2.92. The van der Waals surface area contributed by atoms with E-state index in [1.54, 1.807) is 18.4 Å². The van der Waals surface area contributed by atoms with E-state index in [-0.39, 0.29) is 6.04 Å². The van der Waals surface area contributed by atoms with Crippen molar-refractivity contribution < 1.29 is 4.74 Å². The standard InChI is InChI=1S/C15H19NOS/c1-4-16-15(12-7-5-6-11(2)8-12)14-9-13(17-3)10-18-14/h5-10,15-16H,4H2,1-3H3. The lowest BCUT2D eigenvalue weighted by Gasteiger charge is -2.17. The van der Waals surface area contributed by atoms with Gasteiger partial charge < -0.3 is 10.1 Å². The Balaban J connectivity index is 2.33. The molecule has 96 valence electrons. The van der Waals surface area contributed by atoms with Gasteiger partial charge in [0, 0.05) is 10.3 Å². The van der Waals surface area contributed by atoms with E-state index < -0.39 is 0 Å². The van der Waals surface area contributed by atoms with E-state index in [1.807, 2.05) is 0 Å². The third-order valence-electron chi connectivity index (χ3n) is 2.90. The Morgan fingerprint density at radius 1 is 1.33 bits per heavy atom. The van der Waals surface area contributed by atoms with Crippen LogP contribution >= 0.6 is 11.3 Å². The van der Waals surface area contributed by atoms with Gasteiger partial charge in [0.15, 0.2) is 0 Å². The molecule has 0 aliphatic carbocycles. The number of ether oxygens (including phenoxy) is 1. The molecule has 2 aromatic rings. The van der Waals surface area contributed by atoms with Crippen molar-refractivity contribution in [2.24, 2.45) is 0 Å². The Bertz CT molecular complexity index is 507. The number of hydrogen-bond donors (Lipinski definition) is 1. The van der Waals surface area contributed by atoms with Crippen molar-refractivity contribution in [2.75, 3.05) is 13.7 Å². The summed E-state index contributed by atoms with van der Waals surface area (Å²) in [6, 6.07) is 11.0. The Hall–Kier alpha value is -1.32.